The standard InChI is InChI=1S/C10H14FNO/c1-3-6-12-10-7-8(13-2)4-5-9(10)11/h4-5,7,12H,3,6H2,1-2H3. The van der Waals surface area contributed by atoms with Gasteiger partial charge in [0, 0.05) is 12.6 Å². The highest BCUT2D eigenvalue weighted by Crippen LogP contribution is 2.20. The molecule has 2 nitrogen and oxygen atoms in total. The zero-order valence-electron chi connectivity index (χ0n) is 7.93. The monoisotopic (exact) mass is 183 g/mol. The average molecular weight is 183 g/mol. The molecular weight excluding hydrogens is 169 g/mol. The maximum absolute atomic E-state index is 13.1. The summed E-state index contributed by atoms with van der Waals surface area (Å²) < 4.78 is 18.1. The van der Waals surface area contributed by atoms with Crippen molar-refractivity contribution in [3.63, 3.8) is 0 Å². The van der Waals surface area contributed by atoms with E-state index in [1.807, 2.05) is 6.92 Å². The fourth-order valence-corrected chi connectivity index (χ4v) is 1.03. The molecule has 13 heavy (non-hydrogen) atoms. The normalized spacial score (nSPS) is 9.77. The van der Waals surface area contributed by atoms with Crippen LogP contribution >= 0.6 is 0 Å². The van der Waals surface area contributed by atoms with Gasteiger partial charge in [-0.1, -0.05) is 6.92 Å². The van der Waals surface area contributed by atoms with Gasteiger partial charge in [0.05, 0.1) is 12.8 Å². The molecule has 0 bridgehead atoms. The summed E-state index contributed by atoms with van der Waals surface area (Å²) in [5.41, 5.74) is 0.501. The first-order valence-corrected chi connectivity index (χ1v) is 4.35. The topological polar surface area (TPSA) is 21.3 Å². The summed E-state index contributed by atoms with van der Waals surface area (Å²) in [7, 11) is 1.57. The van der Waals surface area contributed by atoms with Gasteiger partial charge >= 0.3 is 0 Å². The van der Waals surface area contributed by atoms with Gasteiger partial charge < -0.3 is 10.1 Å². The third kappa shape index (κ3) is 2.61. The molecule has 1 aromatic carbocycles. The Bertz CT molecular complexity index is 276. The van der Waals surface area contributed by atoms with Crippen LogP contribution in [0.2, 0.25) is 0 Å². The van der Waals surface area contributed by atoms with E-state index in [4.69, 9.17) is 4.74 Å². The first kappa shape index (κ1) is 9.84. The third-order valence-corrected chi connectivity index (χ3v) is 1.74. The summed E-state index contributed by atoms with van der Waals surface area (Å²) in [5, 5.41) is 2.98. The summed E-state index contributed by atoms with van der Waals surface area (Å²) >= 11 is 0. The summed E-state index contributed by atoms with van der Waals surface area (Å²) in [6.45, 7) is 2.80. The van der Waals surface area contributed by atoms with Crippen molar-refractivity contribution in [1.29, 1.82) is 0 Å². The van der Waals surface area contributed by atoms with E-state index in [1.165, 1.54) is 6.07 Å². The van der Waals surface area contributed by atoms with E-state index in [-0.39, 0.29) is 5.82 Å². The molecule has 3 heteroatoms. The molecular formula is C10H14FNO. The highest BCUT2D eigenvalue weighted by atomic mass is 19.1. The van der Waals surface area contributed by atoms with Gasteiger partial charge in [0.15, 0.2) is 0 Å². The van der Waals surface area contributed by atoms with Crippen molar-refractivity contribution in [1.82, 2.24) is 0 Å². The number of nitrogens with one attached hydrogen (secondary N) is 1. The number of anilines is 1. The Labute approximate surface area is 77.7 Å². The summed E-state index contributed by atoms with van der Waals surface area (Å²) in [5.74, 6) is 0.425. The van der Waals surface area contributed by atoms with E-state index >= 15 is 0 Å². The van der Waals surface area contributed by atoms with E-state index < -0.39 is 0 Å². The van der Waals surface area contributed by atoms with Crippen LogP contribution in [-0.4, -0.2) is 13.7 Å². The van der Waals surface area contributed by atoms with Crippen LogP contribution in [0.4, 0.5) is 10.1 Å². The van der Waals surface area contributed by atoms with Crippen molar-refractivity contribution in [2.24, 2.45) is 0 Å². The van der Waals surface area contributed by atoms with Gasteiger partial charge in [-0.15, -0.1) is 0 Å². The molecule has 0 atom stereocenters. The molecule has 1 N–H and O–H groups in total. The Morgan fingerprint density at radius 2 is 2.23 bits per heavy atom. The molecule has 0 saturated heterocycles. The van der Waals surface area contributed by atoms with Gasteiger partial charge in [-0.2, -0.15) is 0 Å². The van der Waals surface area contributed by atoms with Gasteiger partial charge in [-0.05, 0) is 18.6 Å². The van der Waals surface area contributed by atoms with E-state index in [9.17, 15) is 4.39 Å². The van der Waals surface area contributed by atoms with Crippen molar-refractivity contribution in [3.05, 3.63) is 24.0 Å². The number of halogens is 1. The molecule has 0 heterocycles. The highest BCUT2D eigenvalue weighted by Gasteiger charge is 2.01. The van der Waals surface area contributed by atoms with Crippen LogP contribution in [0.15, 0.2) is 18.2 Å². The molecule has 0 fully saturated rings. The minimum Gasteiger partial charge on any atom is -0.497 e. The van der Waals surface area contributed by atoms with Crippen LogP contribution in [0.1, 0.15) is 13.3 Å². The van der Waals surface area contributed by atoms with Crippen LogP contribution in [-0.2, 0) is 0 Å². The molecule has 0 aliphatic carbocycles. The first-order valence-electron chi connectivity index (χ1n) is 4.35. The van der Waals surface area contributed by atoms with Crippen LogP contribution in [0.25, 0.3) is 0 Å². The van der Waals surface area contributed by atoms with Crippen molar-refractivity contribution >= 4 is 5.69 Å². The molecule has 0 saturated carbocycles. The number of rotatable bonds is 4. The number of benzene rings is 1. The van der Waals surface area contributed by atoms with Crippen molar-refractivity contribution in [3.8, 4) is 5.75 Å². The maximum Gasteiger partial charge on any atom is 0.146 e. The minimum absolute atomic E-state index is 0.241. The van der Waals surface area contributed by atoms with Crippen molar-refractivity contribution < 1.29 is 9.13 Å². The quantitative estimate of drug-likeness (QED) is 0.774. The molecule has 0 amide bonds. The van der Waals surface area contributed by atoms with Crippen LogP contribution < -0.4 is 10.1 Å². The van der Waals surface area contributed by atoms with E-state index in [1.54, 1.807) is 19.2 Å². The summed E-state index contributed by atoms with van der Waals surface area (Å²) in [6, 6.07) is 4.66. The predicted molar refractivity (Wildman–Crippen MR) is 51.7 cm³/mol. The van der Waals surface area contributed by atoms with Crippen molar-refractivity contribution in [2.75, 3.05) is 19.0 Å². The Morgan fingerprint density at radius 3 is 2.85 bits per heavy atom. The molecule has 1 rings (SSSR count). The van der Waals surface area contributed by atoms with Crippen LogP contribution in [0.3, 0.4) is 0 Å². The first-order chi connectivity index (χ1) is 6.27. The molecule has 0 aromatic heterocycles. The lowest BCUT2D eigenvalue weighted by molar-refractivity contribution is 0.414. The van der Waals surface area contributed by atoms with Gasteiger partial charge in [-0.3, -0.25) is 0 Å². The largest absolute Gasteiger partial charge is 0.497 e. The Hall–Kier alpha value is -1.25. The molecule has 0 radical (unpaired) electrons. The lowest BCUT2D eigenvalue weighted by Gasteiger charge is -2.07. The van der Waals surface area contributed by atoms with Crippen LogP contribution in [0.5, 0.6) is 5.75 Å². The number of ether oxygens (including phenoxy) is 1. The smallest absolute Gasteiger partial charge is 0.146 e. The van der Waals surface area contributed by atoms with Gasteiger partial charge in [0.1, 0.15) is 11.6 Å². The zero-order chi connectivity index (χ0) is 9.68. The summed E-state index contributed by atoms with van der Waals surface area (Å²) in [6.07, 6.45) is 0.969. The number of hydrogen-bond donors (Lipinski definition) is 1. The Kier molecular flexibility index (Phi) is 3.55. The fraction of sp³-hybridized carbons (Fsp3) is 0.400. The second kappa shape index (κ2) is 4.70. The van der Waals surface area contributed by atoms with Gasteiger partial charge in [-0.25, -0.2) is 4.39 Å². The average Bonchev–Trinajstić information content (AvgIpc) is 2.17. The van der Waals surface area contributed by atoms with Crippen molar-refractivity contribution in [2.45, 2.75) is 13.3 Å². The number of methoxy groups -OCH3 is 1. The number of hydrogen-bond acceptors (Lipinski definition) is 2. The van der Waals surface area contributed by atoms with E-state index in [0.29, 0.717) is 11.4 Å². The molecule has 1 aromatic rings. The molecule has 0 aliphatic heterocycles. The minimum atomic E-state index is -0.241. The predicted octanol–water partition coefficient (Wildman–Crippen LogP) is 2.66. The zero-order valence-corrected chi connectivity index (χ0v) is 7.93. The molecule has 72 valence electrons. The van der Waals surface area contributed by atoms with E-state index in [0.717, 1.165) is 13.0 Å². The Balaban J connectivity index is 2.78. The van der Waals surface area contributed by atoms with Crippen LogP contribution in [0, 0.1) is 5.82 Å². The summed E-state index contributed by atoms with van der Waals surface area (Å²) in [4.78, 5) is 0. The lowest BCUT2D eigenvalue weighted by atomic mass is 10.3. The van der Waals surface area contributed by atoms with Gasteiger partial charge in [0.25, 0.3) is 0 Å². The molecule has 0 spiro atoms. The second-order valence-electron chi connectivity index (χ2n) is 2.77. The fourth-order valence-electron chi connectivity index (χ4n) is 1.03. The highest BCUT2D eigenvalue weighted by molar-refractivity contribution is 5.49. The molecule has 0 unspecified atom stereocenters. The lowest BCUT2D eigenvalue weighted by Crippen LogP contribution is -2.02. The van der Waals surface area contributed by atoms with E-state index in [2.05, 4.69) is 5.32 Å². The second-order valence-corrected chi connectivity index (χ2v) is 2.77. The SMILES string of the molecule is CCCNc1cc(OC)ccc1F. The van der Waals surface area contributed by atoms with Gasteiger partial charge in [0.2, 0.25) is 0 Å². The molecule has 0 aliphatic rings. The third-order valence-electron chi connectivity index (χ3n) is 1.74. The Morgan fingerprint density at radius 1 is 1.46 bits per heavy atom. The maximum atomic E-state index is 13.1.